The van der Waals surface area contributed by atoms with Crippen molar-refractivity contribution in [3.63, 3.8) is 0 Å². The zero-order chi connectivity index (χ0) is 22.5. The molecule has 5 rings (SSSR count). The van der Waals surface area contributed by atoms with E-state index in [0.29, 0.717) is 30.2 Å². The Morgan fingerprint density at radius 2 is 1.84 bits per heavy atom. The molecule has 2 fully saturated rings. The van der Waals surface area contributed by atoms with E-state index in [0.717, 1.165) is 35.6 Å². The van der Waals surface area contributed by atoms with Crippen LogP contribution in [0.15, 0.2) is 48.5 Å². The number of rotatable bonds is 6. The molecule has 5 heteroatoms. The summed E-state index contributed by atoms with van der Waals surface area (Å²) >= 11 is 0. The average Bonchev–Trinajstić information content (AvgIpc) is 3.38. The van der Waals surface area contributed by atoms with Gasteiger partial charge in [-0.15, -0.1) is 0 Å². The fourth-order valence-corrected chi connectivity index (χ4v) is 5.58. The molecule has 1 aromatic heterocycles. The lowest BCUT2D eigenvalue weighted by Gasteiger charge is -2.40. The van der Waals surface area contributed by atoms with Crippen LogP contribution < -0.4 is 5.32 Å². The van der Waals surface area contributed by atoms with E-state index in [4.69, 9.17) is 4.98 Å². The van der Waals surface area contributed by atoms with Gasteiger partial charge in [0.15, 0.2) is 5.78 Å². The Labute approximate surface area is 189 Å². The van der Waals surface area contributed by atoms with Crippen LogP contribution in [0, 0.1) is 11.3 Å². The number of hydrogen-bond acceptors (Lipinski definition) is 4. The minimum atomic E-state index is -1.06. The number of Topliss-reactive ketones (excluding diaryl/α,β-unsaturated/α-hetero) is 1. The van der Waals surface area contributed by atoms with Crippen molar-refractivity contribution in [2.75, 3.05) is 5.32 Å². The van der Waals surface area contributed by atoms with Gasteiger partial charge in [-0.25, -0.2) is 4.98 Å². The third-order valence-corrected chi connectivity index (χ3v) is 7.14. The Bertz CT molecular complexity index is 1140. The second kappa shape index (κ2) is 7.73. The highest BCUT2D eigenvalue weighted by Gasteiger charge is 2.47. The van der Waals surface area contributed by atoms with Crippen molar-refractivity contribution < 1.29 is 9.90 Å². The van der Waals surface area contributed by atoms with Crippen LogP contribution in [0.1, 0.15) is 64.5 Å². The predicted octanol–water partition coefficient (Wildman–Crippen LogP) is 5.80. The van der Waals surface area contributed by atoms with Crippen molar-refractivity contribution >= 4 is 28.5 Å². The van der Waals surface area contributed by atoms with Crippen molar-refractivity contribution in [2.45, 2.75) is 70.9 Å². The van der Waals surface area contributed by atoms with Gasteiger partial charge in [-0.1, -0.05) is 45.0 Å². The first-order chi connectivity index (χ1) is 15.2. The Hall–Kier alpha value is -2.66. The molecule has 0 spiro atoms. The first-order valence-electron chi connectivity index (χ1n) is 11.8. The maximum absolute atomic E-state index is 12.2. The standard InChI is InChI=1S/C27H33N3O2/c1-18-14-21(17-26(2,3)16-18)30-23-7-5-4-6-22(23)29-25(30)28-20-10-8-19(9-11-20)15-24(31)27(32)12-13-27/h4-11,18,21,32H,12-17H2,1-3H3,(H,28,29)/t18-,21-/m0/s1. The highest BCUT2D eigenvalue weighted by atomic mass is 16.3. The summed E-state index contributed by atoms with van der Waals surface area (Å²) in [6.45, 7) is 7.11. The molecule has 3 aromatic rings. The number of nitrogens with one attached hydrogen (secondary N) is 1. The lowest BCUT2D eigenvalue weighted by Crippen LogP contribution is -2.29. The highest BCUT2D eigenvalue weighted by Crippen LogP contribution is 2.46. The normalized spacial score (nSPS) is 23.8. The number of carbonyl (C=O) groups is 1. The van der Waals surface area contributed by atoms with Crippen LogP contribution >= 0.6 is 0 Å². The summed E-state index contributed by atoms with van der Waals surface area (Å²) < 4.78 is 2.40. The van der Waals surface area contributed by atoms with Crippen LogP contribution in [-0.2, 0) is 11.2 Å². The number of ketones is 1. The van der Waals surface area contributed by atoms with Gasteiger partial charge in [0.25, 0.3) is 0 Å². The van der Waals surface area contributed by atoms with Crippen LogP contribution in [0.4, 0.5) is 11.6 Å². The summed E-state index contributed by atoms with van der Waals surface area (Å²) in [5.41, 5.74) is 3.30. The molecule has 2 N–H and O–H groups in total. The summed E-state index contributed by atoms with van der Waals surface area (Å²) in [5.74, 6) is 1.47. The topological polar surface area (TPSA) is 67.2 Å². The van der Waals surface area contributed by atoms with Crippen molar-refractivity contribution in [3.8, 4) is 0 Å². The first kappa shape index (κ1) is 21.2. The van der Waals surface area contributed by atoms with Crippen molar-refractivity contribution in [2.24, 2.45) is 11.3 Å². The van der Waals surface area contributed by atoms with Gasteiger partial charge in [0.05, 0.1) is 11.0 Å². The molecule has 0 bridgehead atoms. The number of anilines is 2. The van der Waals surface area contributed by atoms with Gasteiger partial charge in [-0.2, -0.15) is 0 Å². The molecule has 2 atom stereocenters. The maximum Gasteiger partial charge on any atom is 0.208 e. The second-order valence-corrected chi connectivity index (χ2v) is 10.8. The lowest BCUT2D eigenvalue weighted by atomic mass is 9.70. The third kappa shape index (κ3) is 4.18. The van der Waals surface area contributed by atoms with Crippen LogP contribution in [0.3, 0.4) is 0 Å². The second-order valence-electron chi connectivity index (χ2n) is 10.8. The fourth-order valence-electron chi connectivity index (χ4n) is 5.58. The number of nitrogens with zero attached hydrogens (tertiary/aromatic N) is 2. The van der Waals surface area contributed by atoms with Gasteiger partial charge < -0.3 is 15.0 Å². The molecule has 2 saturated carbocycles. The predicted molar refractivity (Wildman–Crippen MR) is 128 cm³/mol. The molecule has 1 heterocycles. The molecule has 168 valence electrons. The third-order valence-electron chi connectivity index (χ3n) is 7.14. The monoisotopic (exact) mass is 431 g/mol. The van der Waals surface area contributed by atoms with Crippen molar-refractivity contribution in [3.05, 3.63) is 54.1 Å². The summed E-state index contributed by atoms with van der Waals surface area (Å²) in [6, 6.07) is 16.7. The van der Waals surface area contributed by atoms with Gasteiger partial charge in [-0.3, -0.25) is 4.79 Å². The first-order valence-corrected chi connectivity index (χ1v) is 11.8. The molecule has 0 amide bonds. The van der Waals surface area contributed by atoms with E-state index in [1.807, 2.05) is 30.3 Å². The van der Waals surface area contributed by atoms with E-state index < -0.39 is 5.60 Å². The average molecular weight is 432 g/mol. The number of imidazole rings is 1. The molecular weight excluding hydrogens is 398 g/mol. The summed E-state index contributed by atoms with van der Waals surface area (Å²) in [7, 11) is 0. The summed E-state index contributed by atoms with van der Waals surface area (Å²) in [5, 5.41) is 13.6. The van der Waals surface area contributed by atoms with Crippen molar-refractivity contribution in [1.82, 2.24) is 9.55 Å². The number of fused-ring (bicyclic) bond motifs is 1. The van der Waals surface area contributed by atoms with Crippen LogP contribution in [0.5, 0.6) is 0 Å². The Kier molecular flexibility index (Phi) is 5.12. The van der Waals surface area contributed by atoms with Crippen LogP contribution in [0.25, 0.3) is 11.0 Å². The number of benzene rings is 2. The molecular formula is C27H33N3O2. The molecule has 2 aliphatic carbocycles. The number of aromatic nitrogens is 2. The van der Waals surface area contributed by atoms with E-state index in [2.05, 4.69) is 48.9 Å². The Morgan fingerprint density at radius 3 is 2.53 bits per heavy atom. The molecule has 2 aromatic carbocycles. The van der Waals surface area contributed by atoms with Crippen molar-refractivity contribution in [1.29, 1.82) is 0 Å². The number of aliphatic hydroxyl groups is 1. The van der Waals surface area contributed by atoms with E-state index in [9.17, 15) is 9.90 Å². The maximum atomic E-state index is 12.2. The number of hydrogen-bond donors (Lipinski definition) is 2. The molecule has 32 heavy (non-hydrogen) atoms. The number of carbonyl (C=O) groups excluding carboxylic acids is 1. The van der Waals surface area contributed by atoms with Gasteiger partial charge in [-0.05, 0) is 73.3 Å². The molecule has 2 aliphatic rings. The quantitative estimate of drug-likeness (QED) is 0.517. The van der Waals surface area contributed by atoms with Gasteiger partial charge in [0.1, 0.15) is 5.60 Å². The zero-order valence-electron chi connectivity index (χ0n) is 19.3. The molecule has 0 unspecified atom stereocenters. The zero-order valence-corrected chi connectivity index (χ0v) is 19.3. The van der Waals surface area contributed by atoms with Gasteiger partial charge >= 0.3 is 0 Å². The Morgan fingerprint density at radius 1 is 1.12 bits per heavy atom. The van der Waals surface area contributed by atoms with E-state index >= 15 is 0 Å². The largest absolute Gasteiger partial charge is 0.382 e. The number of para-hydroxylation sites is 2. The molecule has 0 radical (unpaired) electrons. The van der Waals surface area contributed by atoms with E-state index in [-0.39, 0.29) is 12.2 Å². The van der Waals surface area contributed by atoms with Crippen LogP contribution in [-0.4, -0.2) is 26.0 Å². The summed E-state index contributed by atoms with van der Waals surface area (Å²) in [6.07, 6.45) is 5.02. The molecule has 0 saturated heterocycles. The Balaban J connectivity index is 1.42. The van der Waals surface area contributed by atoms with Gasteiger partial charge in [0.2, 0.25) is 5.95 Å². The van der Waals surface area contributed by atoms with Gasteiger partial charge in [0, 0.05) is 18.2 Å². The minimum absolute atomic E-state index is 0.0750. The lowest BCUT2D eigenvalue weighted by molar-refractivity contribution is -0.128. The fraction of sp³-hybridized carbons (Fsp3) is 0.481. The van der Waals surface area contributed by atoms with E-state index in [1.165, 1.54) is 11.9 Å². The minimum Gasteiger partial charge on any atom is -0.382 e. The van der Waals surface area contributed by atoms with E-state index in [1.54, 1.807) is 0 Å². The smallest absolute Gasteiger partial charge is 0.208 e. The highest BCUT2D eigenvalue weighted by molar-refractivity contribution is 5.91. The summed E-state index contributed by atoms with van der Waals surface area (Å²) in [4.78, 5) is 17.1. The SMILES string of the molecule is C[C@H]1C[C@H](n2c(Nc3ccc(CC(=O)C4(O)CC4)cc3)nc3ccccc32)CC(C)(C)C1. The molecule has 0 aliphatic heterocycles. The molecule has 5 nitrogen and oxygen atoms in total. The van der Waals surface area contributed by atoms with Crippen LogP contribution in [0.2, 0.25) is 0 Å².